The van der Waals surface area contributed by atoms with Crippen LogP contribution in [0, 0.1) is 11.3 Å². The quantitative estimate of drug-likeness (QED) is 0.625. The second kappa shape index (κ2) is 5.67. The van der Waals surface area contributed by atoms with Crippen molar-refractivity contribution in [2.45, 2.75) is 5.92 Å². The van der Waals surface area contributed by atoms with Crippen molar-refractivity contribution in [1.82, 2.24) is 0 Å². The fourth-order valence-electron chi connectivity index (χ4n) is 1.19. The fraction of sp³-hybridized carbons (Fsp3) is 0.182. The number of nitrogens with zero attached hydrogens (tertiary/aromatic N) is 1. The van der Waals surface area contributed by atoms with Gasteiger partial charge in [-0.2, -0.15) is 5.26 Å². The molecule has 0 aliphatic carbocycles. The van der Waals surface area contributed by atoms with Crippen molar-refractivity contribution >= 4 is 35.0 Å². The van der Waals surface area contributed by atoms with Crippen molar-refractivity contribution in [3.05, 3.63) is 33.8 Å². The summed E-state index contributed by atoms with van der Waals surface area (Å²) in [6, 6.07) is 6.02. The molecule has 0 amide bonds. The number of halogens is 2. The summed E-state index contributed by atoms with van der Waals surface area (Å²) in [5.41, 5.74) is 0.303. The lowest BCUT2D eigenvalue weighted by Crippen LogP contribution is -2.22. The minimum Gasteiger partial charge on any atom is -0.463 e. The largest absolute Gasteiger partial charge is 0.463 e. The summed E-state index contributed by atoms with van der Waals surface area (Å²) in [6.45, 7) is 0. The van der Waals surface area contributed by atoms with Gasteiger partial charge in [0.05, 0.1) is 23.2 Å². The number of benzene rings is 1. The van der Waals surface area contributed by atoms with E-state index in [0.717, 1.165) is 7.11 Å². The number of hydrogen-bond acceptors (Lipinski definition) is 4. The third-order valence-electron chi connectivity index (χ3n) is 2.05. The van der Waals surface area contributed by atoms with Crippen LogP contribution in [0.1, 0.15) is 11.5 Å². The summed E-state index contributed by atoms with van der Waals surface area (Å²) in [5.74, 6) is -3.24. The van der Waals surface area contributed by atoms with Crippen molar-refractivity contribution in [3.8, 4) is 6.07 Å². The lowest BCUT2D eigenvalue weighted by molar-refractivity contribution is -0.151. The Kier molecular flexibility index (Phi) is 4.50. The molecule has 0 heterocycles. The topological polar surface area (TPSA) is 67.2 Å². The number of hydrogen-bond donors (Lipinski definition) is 0. The molecular weight excluding hydrogens is 265 g/mol. The van der Waals surface area contributed by atoms with Crippen LogP contribution >= 0.6 is 23.2 Å². The average molecular weight is 272 g/mol. The maximum atomic E-state index is 11.5. The van der Waals surface area contributed by atoms with Gasteiger partial charge in [-0.05, 0) is 17.7 Å². The van der Waals surface area contributed by atoms with E-state index in [1.807, 2.05) is 0 Å². The van der Waals surface area contributed by atoms with E-state index in [1.165, 1.54) is 18.2 Å². The standard InChI is InChI=1S/C11H7Cl2NO3/c1-17-11(16)10(15)7(5-14)6-2-3-8(12)9(13)4-6/h2-4,7H,1H3/t7-/m1/s1. The number of methoxy groups -OCH3 is 1. The summed E-state index contributed by atoms with van der Waals surface area (Å²) >= 11 is 11.5. The van der Waals surface area contributed by atoms with Crippen LogP contribution in [0.15, 0.2) is 18.2 Å². The monoisotopic (exact) mass is 271 g/mol. The molecule has 0 aliphatic heterocycles. The zero-order chi connectivity index (χ0) is 13.0. The first kappa shape index (κ1) is 13.5. The van der Waals surface area contributed by atoms with E-state index in [4.69, 9.17) is 28.5 Å². The van der Waals surface area contributed by atoms with Crippen LogP contribution in [0.5, 0.6) is 0 Å². The van der Waals surface area contributed by atoms with Crippen LogP contribution in [-0.2, 0) is 14.3 Å². The van der Waals surface area contributed by atoms with Gasteiger partial charge in [0, 0.05) is 0 Å². The van der Waals surface area contributed by atoms with E-state index in [9.17, 15) is 9.59 Å². The molecule has 0 bridgehead atoms. The first-order valence-corrected chi connectivity index (χ1v) is 5.23. The van der Waals surface area contributed by atoms with Crippen LogP contribution in [0.2, 0.25) is 10.0 Å². The zero-order valence-corrected chi connectivity index (χ0v) is 10.2. The Balaban J connectivity index is 3.11. The first-order valence-electron chi connectivity index (χ1n) is 4.48. The molecule has 4 nitrogen and oxygen atoms in total. The maximum absolute atomic E-state index is 11.5. The lowest BCUT2D eigenvalue weighted by Gasteiger charge is -2.07. The van der Waals surface area contributed by atoms with Gasteiger partial charge in [0.1, 0.15) is 5.92 Å². The molecule has 1 atom stereocenters. The summed E-state index contributed by atoms with van der Waals surface area (Å²) < 4.78 is 4.27. The molecule has 0 fully saturated rings. The second-order valence-electron chi connectivity index (χ2n) is 3.09. The Morgan fingerprint density at radius 3 is 2.47 bits per heavy atom. The molecule has 0 spiro atoms. The van der Waals surface area contributed by atoms with Gasteiger partial charge in [0.25, 0.3) is 5.78 Å². The van der Waals surface area contributed by atoms with Crippen molar-refractivity contribution in [1.29, 1.82) is 5.26 Å². The van der Waals surface area contributed by atoms with Crippen molar-refractivity contribution in [2.24, 2.45) is 0 Å². The Hall–Kier alpha value is -1.57. The third-order valence-corrected chi connectivity index (χ3v) is 2.79. The molecule has 0 N–H and O–H groups in total. The summed E-state index contributed by atoms with van der Waals surface area (Å²) in [7, 11) is 1.07. The molecule has 0 aromatic heterocycles. The highest BCUT2D eigenvalue weighted by Gasteiger charge is 2.27. The SMILES string of the molecule is COC(=O)C(=O)[C@H](C#N)c1ccc(Cl)c(Cl)c1. The van der Waals surface area contributed by atoms with E-state index < -0.39 is 17.7 Å². The van der Waals surface area contributed by atoms with Gasteiger partial charge in [-0.1, -0.05) is 29.3 Å². The molecule has 1 aromatic rings. The molecular formula is C11H7Cl2NO3. The highest BCUT2D eigenvalue weighted by atomic mass is 35.5. The predicted octanol–water partition coefficient (Wildman–Crippen LogP) is 2.34. The van der Waals surface area contributed by atoms with Gasteiger partial charge < -0.3 is 4.74 Å². The molecule has 1 aromatic carbocycles. The minimum atomic E-state index is -1.24. The van der Waals surface area contributed by atoms with Crippen LogP contribution in [-0.4, -0.2) is 18.9 Å². The number of Topliss-reactive ketones (excluding diaryl/α,β-unsaturated/α-hetero) is 1. The molecule has 17 heavy (non-hydrogen) atoms. The van der Waals surface area contributed by atoms with Crippen molar-refractivity contribution in [3.63, 3.8) is 0 Å². The highest BCUT2D eigenvalue weighted by Crippen LogP contribution is 2.26. The number of carbonyl (C=O) groups excluding carboxylic acids is 2. The van der Waals surface area contributed by atoms with Gasteiger partial charge in [-0.3, -0.25) is 4.79 Å². The Morgan fingerprint density at radius 1 is 1.35 bits per heavy atom. The highest BCUT2D eigenvalue weighted by molar-refractivity contribution is 6.42. The molecule has 0 aliphatic rings. The van der Waals surface area contributed by atoms with Gasteiger partial charge >= 0.3 is 5.97 Å². The van der Waals surface area contributed by atoms with Crippen LogP contribution in [0.3, 0.4) is 0 Å². The molecule has 0 saturated carbocycles. The molecule has 1 rings (SSSR count). The van der Waals surface area contributed by atoms with Gasteiger partial charge in [0.15, 0.2) is 0 Å². The average Bonchev–Trinajstić information content (AvgIpc) is 2.33. The number of ketones is 1. The van der Waals surface area contributed by atoms with Gasteiger partial charge in [0.2, 0.25) is 0 Å². The first-order chi connectivity index (χ1) is 8.01. The van der Waals surface area contributed by atoms with E-state index >= 15 is 0 Å². The smallest absolute Gasteiger partial charge is 0.376 e. The Bertz CT molecular complexity index is 508. The number of esters is 1. The van der Waals surface area contributed by atoms with Gasteiger partial charge in [-0.25, -0.2) is 4.79 Å². The summed E-state index contributed by atoms with van der Waals surface area (Å²) in [6.07, 6.45) is 0. The number of rotatable bonds is 3. The summed E-state index contributed by atoms with van der Waals surface area (Å²) in [4.78, 5) is 22.6. The number of nitriles is 1. The van der Waals surface area contributed by atoms with Crippen LogP contribution in [0.4, 0.5) is 0 Å². The zero-order valence-electron chi connectivity index (χ0n) is 8.74. The molecule has 0 radical (unpaired) electrons. The Labute approximate surface area is 108 Å². The maximum Gasteiger partial charge on any atom is 0.376 e. The van der Waals surface area contributed by atoms with E-state index in [-0.39, 0.29) is 5.02 Å². The molecule has 0 saturated heterocycles. The molecule has 0 unspecified atom stereocenters. The van der Waals surface area contributed by atoms with Crippen molar-refractivity contribution < 1.29 is 14.3 Å². The number of carbonyl (C=O) groups is 2. The van der Waals surface area contributed by atoms with Gasteiger partial charge in [-0.15, -0.1) is 0 Å². The van der Waals surface area contributed by atoms with E-state index in [1.54, 1.807) is 6.07 Å². The minimum absolute atomic E-state index is 0.210. The fourth-order valence-corrected chi connectivity index (χ4v) is 1.50. The normalized spacial score (nSPS) is 11.4. The third kappa shape index (κ3) is 2.96. The molecule has 88 valence electrons. The second-order valence-corrected chi connectivity index (χ2v) is 3.91. The molecule has 6 heteroatoms. The Morgan fingerprint density at radius 2 is 2.00 bits per heavy atom. The van der Waals surface area contributed by atoms with E-state index in [2.05, 4.69) is 4.74 Å². The van der Waals surface area contributed by atoms with E-state index in [0.29, 0.717) is 10.6 Å². The predicted molar refractivity (Wildman–Crippen MR) is 61.8 cm³/mol. The van der Waals surface area contributed by atoms with Crippen LogP contribution < -0.4 is 0 Å². The van der Waals surface area contributed by atoms with Crippen LogP contribution in [0.25, 0.3) is 0 Å². The summed E-state index contributed by atoms with van der Waals surface area (Å²) in [5, 5.41) is 9.41. The lowest BCUT2D eigenvalue weighted by atomic mass is 9.96. The number of ether oxygens (including phenoxy) is 1. The van der Waals surface area contributed by atoms with Crippen molar-refractivity contribution in [2.75, 3.05) is 7.11 Å².